The lowest BCUT2D eigenvalue weighted by Gasteiger charge is -2.26. The number of nitrogens with zero attached hydrogens (tertiary/aromatic N) is 1. The van der Waals surface area contributed by atoms with Gasteiger partial charge in [-0.25, -0.2) is 0 Å². The van der Waals surface area contributed by atoms with Gasteiger partial charge < -0.3 is 14.1 Å². The van der Waals surface area contributed by atoms with Crippen molar-refractivity contribution < 1.29 is 13.9 Å². The molecule has 0 fully saturated rings. The van der Waals surface area contributed by atoms with E-state index in [1.165, 1.54) is 0 Å². The topological polar surface area (TPSA) is 59.8 Å². The van der Waals surface area contributed by atoms with E-state index in [-0.39, 0.29) is 23.6 Å². The molecule has 1 amide bonds. The molecular formula is C29H24ClNO4. The highest BCUT2D eigenvalue weighted by atomic mass is 35.5. The fourth-order valence-electron chi connectivity index (χ4n) is 4.52. The highest BCUT2D eigenvalue weighted by Crippen LogP contribution is 2.40. The number of fused-ring (bicyclic) bond motifs is 2. The second-order valence-corrected chi connectivity index (χ2v) is 9.11. The van der Waals surface area contributed by atoms with Gasteiger partial charge in [-0.2, -0.15) is 0 Å². The SMILES string of the molecule is C=CCOc1cccc(C2c3c(oc4cc(C)c(C)cc4c3=O)C(=O)N2Cc2ccccc2Cl)c1. The largest absolute Gasteiger partial charge is 0.490 e. The molecule has 5 nitrogen and oxygen atoms in total. The molecule has 176 valence electrons. The van der Waals surface area contributed by atoms with Crippen LogP contribution in [0.1, 0.15) is 44.4 Å². The van der Waals surface area contributed by atoms with Crippen molar-refractivity contribution in [1.29, 1.82) is 0 Å². The van der Waals surface area contributed by atoms with Gasteiger partial charge in [0.2, 0.25) is 5.76 Å². The summed E-state index contributed by atoms with van der Waals surface area (Å²) in [4.78, 5) is 29.2. The molecule has 1 atom stereocenters. The Hall–Kier alpha value is -3.83. The van der Waals surface area contributed by atoms with Crippen LogP contribution < -0.4 is 10.2 Å². The van der Waals surface area contributed by atoms with Crippen molar-refractivity contribution in [2.75, 3.05) is 6.61 Å². The lowest BCUT2D eigenvalue weighted by molar-refractivity contribution is 0.0714. The fraction of sp³-hybridized carbons (Fsp3) is 0.172. The number of ether oxygens (including phenoxy) is 1. The zero-order chi connectivity index (χ0) is 24.7. The molecule has 0 aliphatic carbocycles. The maximum Gasteiger partial charge on any atom is 0.291 e. The summed E-state index contributed by atoms with van der Waals surface area (Å²) < 4.78 is 11.8. The Morgan fingerprint density at radius 3 is 2.60 bits per heavy atom. The van der Waals surface area contributed by atoms with Gasteiger partial charge in [-0.3, -0.25) is 9.59 Å². The molecule has 1 aliphatic rings. The number of benzene rings is 3. The number of carbonyl (C=O) groups is 1. The number of rotatable bonds is 6. The van der Waals surface area contributed by atoms with Crippen LogP contribution in [0.15, 0.2) is 82.5 Å². The average molecular weight is 486 g/mol. The highest BCUT2D eigenvalue weighted by molar-refractivity contribution is 6.31. The predicted octanol–water partition coefficient (Wildman–Crippen LogP) is 6.37. The molecule has 0 saturated carbocycles. The second-order valence-electron chi connectivity index (χ2n) is 8.71. The van der Waals surface area contributed by atoms with Crippen LogP contribution in [0.5, 0.6) is 5.75 Å². The summed E-state index contributed by atoms with van der Waals surface area (Å²) in [5.41, 5.74) is 4.04. The van der Waals surface area contributed by atoms with E-state index in [4.69, 9.17) is 20.8 Å². The minimum atomic E-state index is -0.650. The molecule has 0 radical (unpaired) electrons. The van der Waals surface area contributed by atoms with Gasteiger partial charge in [0.25, 0.3) is 5.91 Å². The summed E-state index contributed by atoms with van der Waals surface area (Å²) in [6, 6.07) is 17.8. The molecule has 4 aromatic rings. The molecule has 1 aromatic heterocycles. The van der Waals surface area contributed by atoms with Crippen LogP contribution >= 0.6 is 11.6 Å². The number of hydrogen-bond donors (Lipinski definition) is 0. The minimum absolute atomic E-state index is 0.0696. The Kier molecular flexibility index (Phi) is 5.95. The van der Waals surface area contributed by atoms with E-state index in [2.05, 4.69) is 6.58 Å². The Morgan fingerprint density at radius 2 is 1.83 bits per heavy atom. The molecular weight excluding hydrogens is 462 g/mol. The van der Waals surface area contributed by atoms with Gasteiger partial charge in [-0.15, -0.1) is 0 Å². The van der Waals surface area contributed by atoms with Crippen LogP contribution in [0.3, 0.4) is 0 Å². The van der Waals surface area contributed by atoms with Crippen LogP contribution in [0.2, 0.25) is 5.02 Å². The first-order valence-corrected chi connectivity index (χ1v) is 11.7. The van der Waals surface area contributed by atoms with E-state index in [0.717, 1.165) is 22.3 Å². The summed E-state index contributed by atoms with van der Waals surface area (Å²) in [7, 11) is 0. The summed E-state index contributed by atoms with van der Waals surface area (Å²) in [5, 5.41) is 1.01. The summed E-state index contributed by atoms with van der Waals surface area (Å²) in [6.45, 7) is 8.16. The van der Waals surface area contributed by atoms with Crippen molar-refractivity contribution in [2.24, 2.45) is 0 Å². The van der Waals surface area contributed by atoms with Crippen LogP contribution in [0.4, 0.5) is 0 Å². The van der Waals surface area contributed by atoms with Gasteiger partial charge in [0, 0.05) is 11.6 Å². The monoisotopic (exact) mass is 485 g/mol. The maximum absolute atomic E-state index is 13.8. The van der Waals surface area contributed by atoms with Gasteiger partial charge in [-0.1, -0.05) is 54.6 Å². The van der Waals surface area contributed by atoms with Crippen molar-refractivity contribution in [3.05, 3.63) is 122 Å². The molecule has 5 rings (SSSR count). The lowest BCUT2D eigenvalue weighted by Crippen LogP contribution is -2.29. The molecule has 1 aliphatic heterocycles. The second kappa shape index (κ2) is 9.08. The minimum Gasteiger partial charge on any atom is -0.490 e. The molecule has 6 heteroatoms. The van der Waals surface area contributed by atoms with Crippen molar-refractivity contribution in [3.8, 4) is 5.75 Å². The van der Waals surface area contributed by atoms with Gasteiger partial charge in [0.15, 0.2) is 5.43 Å². The number of halogens is 1. The van der Waals surface area contributed by atoms with Gasteiger partial charge in [-0.05, 0) is 66.4 Å². The Balaban J connectivity index is 1.72. The Morgan fingerprint density at radius 1 is 1.06 bits per heavy atom. The van der Waals surface area contributed by atoms with E-state index in [0.29, 0.717) is 33.9 Å². The van der Waals surface area contributed by atoms with Crippen LogP contribution in [-0.4, -0.2) is 17.4 Å². The zero-order valence-corrected chi connectivity index (χ0v) is 20.3. The Labute approximate surface area is 208 Å². The average Bonchev–Trinajstić information content (AvgIpc) is 3.12. The molecule has 3 aromatic carbocycles. The predicted molar refractivity (Wildman–Crippen MR) is 137 cm³/mol. The molecule has 1 unspecified atom stereocenters. The van der Waals surface area contributed by atoms with Gasteiger partial charge in [0.05, 0.1) is 17.0 Å². The van der Waals surface area contributed by atoms with Crippen LogP contribution in [0.25, 0.3) is 11.0 Å². The summed E-state index contributed by atoms with van der Waals surface area (Å²) >= 11 is 6.44. The first-order valence-electron chi connectivity index (χ1n) is 11.3. The van der Waals surface area contributed by atoms with E-state index in [9.17, 15) is 9.59 Å². The van der Waals surface area contributed by atoms with Crippen molar-refractivity contribution in [2.45, 2.75) is 26.4 Å². The Bertz CT molecular complexity index is 1540. The lowest BCUT2D eigenvalue weighted by atomic mass is 9.97. The first kappa shape index (κ1) is 22.9. The molecule has 0 N–H and O–H groups in total. The summed E-state index contributed by atoms with van der Waals surface area (Å²) in [5.74, 6) is 0.345. The van der Waals surface area contributed by atoms with E-state index in [1.807, 2.05) is 68.4 Å². The standard InChI is InChI=1S/C29H24ClNO4/c1-4-12-34-21-10-7-9-19(15-21)26-25-27(32)22-13-17(2)18(3)14-24(22)35-28(25)29(33)31(26)16-20-8-5-6-11-23(20)30/h4-11,13-15,26H,1,12,16H2,2-3H3. The number of hydrogen-bond acceptors (Lipinski definition) is 4. The third-order valence-corrected chi connectivity index (χ3v) is 6.79. The molecule has 35 heavy (non-hydrogen) atoms. The van der Waals surface area contributed by atoms with E-state index < -0.39 is 6.04 Å². The van der Waals surface area contributed by atoms with Crippen molar-refractivity contribution in [1.82, 2.24) is 4.90 Å². The van der Waals surface area contributed by atoms with E-state index >= 15 is 0 Å². The van der Waals surface area contributed by atoms with Gasteiger partial charge >= 0.3 is 0 Å². The van der Waals surface area contributed by atoms with Gasteiger partial charge in [0.1, 0.15) is 17.9 Å². The smallest absolute Gasteiger partial charge is 0.291 e. The number of amides is 1. The highest BCUT2D eigenvalue weighted by Gasteiger charge is 2.43. The van der Waals surface area contributed by atoms with Crippen molar-refractivity contribution >= 4 is 28.5 Å². The fourth-order valence-corrected chi connectivity index (χ4v) is 4.72. The van der Waals surface area contributed by atoms with Crippen LogP contribution in [0, 0.1) is 13.8 Å². The number of carbonyl (C=O) groups excluding carboxylic acids is 1. The molecule has 0 saturated heterocycles. The third-order valence-electron chi connectivity index (χ3n) is 6.42. The summed E-state index contributed by atoms with van der Waals surface area (Å²) in [6.07, 6.45) is 1.66. The zero-order valence-electron chi connectivity index (χ0n) is 19.5. The molecule has 0 spiro atoms. The van der Waals surface area contributed by atoms with Crippen molar-refractivity contribution in [3.63, 3.8) is 0 Å². The van der Waals surface area contributed by atoms with Crippen LogP contribution in [-0.2, 0) is 6.54 Å². The first-order chi connectivity index (χ1) is 16.9. The normalized spacial score (nSPS) is 14.9. The number of aryl methyl sites for hydroxylation is 2. The molecule has 0 bridgehead atoms. The van der Waals surface area contributed by atoms with E-state index in [1.54, 1.807) is 17.0 Å². The third kappa shape index (κ3) is 4.02. The molecule has 2 heterocycles. The quantitative estimate of drug-likeness (QED) is 0.297. The maximum atomic E-state index is 13.8.